The first-order valence-electron chi connectivity index (χ1n) is 5.89. The van der Waals surface area contributed by atoms with Crippen LogP contribution in [0.2, 0.25) is 5.02 Å². The summed E-state index contributed by atoms with van der Waals surface area (Å²) in [6.07, 6.45) is 0.955. The van der Waals surface area contributed by atoms with Crippen molar-refractivity contribution >= 4 is 11.6 Å². The van der Waals surface area contributed by atoms with Crippen molar-refractivity contribution in [1.82, 2.24) is 4.90 Å². The molecule has 1 fully saturated rings. The van der Waals surface area contributed by atoms with E-state index in [4.69, 9.17) is 17.3 Å². The third kappa shape index (κ3) is 2.32. The molecule has 2 rings (SSSR count). The highest BCUT2D eigenvalue weighted by Gasteiger charge is 2.32. The van der Waals surface area contributed by atoms with Crippen LogP contribution in [-0.4, -0.2) is 25.0 Å². The molecule has 1 saturated heterocycles. The Balaban J connectivity index is 2.37. The molecule has 1 aromatic carbocycles. The van der Waals surface area contributed by atoms with Gasteiger partial charge in [0.2, 0.25) is 0 Å². The molecule has 0 aromatic heterocycles. The fourth-order valence-corrected chi connectivity index (χ4v) is 3.02. The first kappa shape index (κ1) is 12.8. The normalized spacial score (nSPS) is 25.5. The van der Waals surface area contributed by atoms with E-state index in [2.05, 4.69) is 4.90 Å². The average Bonchev–Trinajstić information content (AvgIpc) is 2.66. The molecule has 2 N–H and O–H groups in total. The van der Waals surface area contributed by atoms with Gasteiger partial charge in [-0.25, -0.2) is 4.39 Å². The van der Waals surface area contributed by atoms with Crippen LogP contribution in [0.25, 0.3) is 0 Å². The van der Waals surface area contributed by atoms with Gasteiger partial charge in [0.15, 0.2) is 0 Å². The van der Waals surface area contributed by atoms with Crippen LogP contribution in [0.15, 0.2) is 12.1 Å². The molecular weight excluding hydrogens is 239 g/mol. The molecule has 0 amide bonds. The number of likely N-dealkylation sites (tertiary alicyclic amines) is 1. The van der Waals surface area contributed by atoms with Crippen molar-refractivity contribution in [3.8, 4) is 0 Å². The topological polar surface area (TPSA) is 29.3 Å². The molecule has 1 aliphatic rings. The van der Waals surface area contributed by atoms with Gasteiger partial charge >= 0.3 is 0 Å². The number of nitrogens with two attached hydrogens (primary N) is 1. The lowest BCUT2D eigenvalue weighted by Crippen LogP contribution is -2.21. The van der Waals surface area contributed by atoms with E-state index in [-0.39, 0.29) is 16.9 Å². The molecule has 94 valence electrons. The van der Waals surface area contributed by atoms with Gasteiger partial charge in [0.25, 0.3) is 0 Å². The predicted octanol–water partition coefficient (Wildman–Crippen LogP) is 2.74. The molecule has 2 atom stereocenters. The summed E-state index contributed by atoms with van der Waals surface area (Å²) in [6.45, 7) is 3.60. The zero-order chi connectivity index (χ0) is 12.6. The van der Waals surface area contributed by atoms with Crippen LogP contribution in [0.4, 0.5) is 4.39 Å². The standard InChI is InChI=1S/C13H18ClFN2/c1-8-3-4-10(15)13(14)12(8)11-5-9(6-16)7-17(11)2/h3-4,9,11H,5-7,16H2,1-2H3. The summed E-state index contributed by atoms with van der Waals surface area (Å²) in [4.78, 5) is 2.21. The number of hydrogen-bond acceptors (Lipinski definition) is 2. The molecule has 4 heteroatoms. The number of nitrogens with zero attached hydrogens (tertiary/aromatic N) is 1. The monoisotopic (exact) mass is 256 g/mol. The highest BCUT2D eigenvalue weighted by molar-refractivity contribution is 6.31. The van der Waals surface area contributed by atoms with Crippen LogP contribution >= 0.6 is 11.6 Å². The Morgan fingerprint density at radius 1 is 1.53 bits per heavy atom. The van der Waals surface area contributed by atoms with Crippen molar-refractivity contribution in [3.05, 3.63) is 34.1 Å². The third-order valence-electron chi connectivity index (χ3n) is 3.65. The van der Waals surface area contributed by atoms with E-state index in [1.165, 1.54) is 6.07 Å². The fraction of sp³-hybridized carbons (Fsp3) is 0.538. The minimum atomic E-state index is -0.336. The highest BCUT2D eigenvalue weighted by atomic mass is 35.5. The number of benzene rings is 1. The zero-order valence-electron chi connectivity index (χ0n) is 10.2. The fourth-order valence-electron chi connectivity index (χ4n) is 2.69. The van der Waals surface area contributed by atoms with Crippen molar-refractivity contribution < 1.29 is 4.39 Å². The summed E-state index contributed by atoms with van der Waals surface area (Å²) in [5.74, 6) is 0.139. The summed E-state index contributed by atoms with van der Waals surface area (Å²) in [6, 6.07) is 3.41. The smallest absolute Gasteiger partial charge is 0.142 e. The highest BCUT2D eigenvalue weighted by Crippen LogP contribution is 2.39. The maximum absolute atomic E-state index is 13.5. The second kappa shape index (κ2) is 4.92. The molecule has 0 saturated carbocycles. The van der Waals surface area contributed by atoms with E-state index in [9.17, 15) is 4.39 Å². The van der Waals surface area contributed by atoms with Gasteiger partial charge < -0.3 is 5.73 Å². The Kier molecular flexibility index (Phi) is 3.71. The molecule has 0 aliphatic carbocycles. The minimum Gasteiger partial charge on any atom is -0.330 e. The van der Waals surface area contributed by atoms with E-state index in [0.29, 0.717) is 12.5 Å². The van der Waals surface area contributed by atoms with Gasteiger partial charge in [-0.3, -0.25) is 4.90 Å². The minimum absolute atomic E-state index is 0.187. The Morgan fingerprint density at radius 2 is 2.24 bits per heavy atom. The van der Waals surface area contributed by atoms with Crippen molar-refractivity contribution in [2.24, 2.45) is 11.7 Å². The number of rotatable bonds is 2. The summed E-state index contributed by atoms with van der Waals surface area (Å²) < 4.78 is 13.5. The molecule has 2 unspecified atom stereocenters. The van der Waals surface area contributed by atoms with Crippen LogP contribution in [0, 0.1) is 18.7 Å². The predicted molar refractivity (Wildman–Crippen MR) is 68.7 cm³/mol. The van der Waals surface area contributed by atoms with Crippen LogP contribution in [0.3, 0.4) is 0 Å². The molecule has 17 heavy (non-hydrogen) atoms. The maximum atomic E-state index is 13.5. The largest absolute Gasteiger partial charge is 0.330 e. The van der Waals surface area contributed by atoms with Crippen molar-refractivity contribution in [2.45, 2.75) is 19.4 Å². The lowest BCUT2D eigenvalue weighted by atomic mass is 9.96. The van der Waals surface area contributed by atoms with E-state index < -0.39 is 0 Å². The van der Waals surface area contributed by atoms with Crippen LogP contribution in [0.5, 0.6) is 0 Å². The SMILES string of the molecule is Cc1ccc(F)c(Cl)c1C1CC(CN)CN1C. The summed E-state index contributed by atoms with van der Waals surface area (Å²) in [5.41, 5.74) is 7.68. The van der Waals surface area contributed by atoms with Gasteiger partial charge in [-0.2, -0.15) is 0 Å². The lowest BCUT2D eigenvalue weighted by molar-refractivity contribution is 0.312. The van der Waals surface area contributed by atoms with Crippen LogP contribution in [0.1, 0.15) is 23.6 Å². The molecule has 0 radical (unpaired) electrons. The summed E-state index contributed by atoms with van der Waals surface area (Å²) in [7, 11) is 2.04. The Morgan fingerprint density at radius 3 is 2.82 bits per heavy atom. The molecule has 1 aromatic rings. The lowest BCUT2D eigenvalue weighted by Gasteiger charge is -2.22. The third-order valence-corrected chi connectivity index (χ3v) is 4.04. The van der Waals surface area contributed by atoms with Gasteiger partial charge in [-0.05, 0) is 50.0 Å². The Hall–Kier alpha value is -0.640. The molecule has 2 nitrogen and oxygen atoms in total. The molecule has 0 bridgehead atoms. The molecular formula is C13H18ClFN2. The first-order chi connectivity index (χ1) is 8.04. The van der Waals surface area contributed by atoms with E-state index in [0.717, 1.165) is 24.1 Å². The summed E-state index contributed by atoms with van der Waals surface area (Å²) >= 11 is 6.10. The van der Waals surface area contributed by atoms with E-state index in [1.807, 2.05) is 14.0 Å². The van der Waals surface area contributed by atoms with Crippen molar-refractivity contribution in [2.75, 3.05) is 20.1 Å². The number of hydrogen-bond donors (Lipinski definition) is 1. The average molecular weight is 257 g/mol. The number of aryl methyl sites for hydroxylation is 1. The molecule has 1 aliphatic heterocycles. The molecule has 1 heterocycles. The van der Waals surface area contributed by atoms with Gasteiger partial charge in [0, 0.05) is 12.6 Å². The zero-order valence-corrected chi connectivity index (χ0v) is 11.0. The van der Waals surface area contributed by atoms with Crippen LogP contribution < -0.4 is 5.73 Å². The Bertz CT molecular complexity index is 422. The second-order valence-corrected chi connectivity index (χ2v) is 5.26. The van der Waals surface area contributed by atoms with Gasteiger partial charge in [0.1, 0.15) is 5.82 Å². The maximum Gasteiger partial charge on any atom is 0.142 e. The van der Waals surface area contributed by atoms with Crippen molar-refractivity contribution in [1.29, 1.82) is 0 Å². The molecule has 0 spiro atoms. The second-order valence-electron chi connectivity index (χ2n) is 4.88. The first-order valence-corrected chi connectivity index (χ1v) is 6.27. The van der Waals surface area contributed by atoms with Gasteiger partial charge in [0.05, 0.1) is 5.02 Å². The number of halogens is 2. The quantitative estimate of drug-likeness (QED) is 0.882. The summed E-state index contributed by atoms with van der Waals surface area (Å²) in [5, 5.41) is 0.263. The van der Waals surface area contributed by atoms with E-state index >= 15 is 0 Å². The van der Waals surface area contributed by atoms with Crippen molar-refractivity contribution in [3.63, 3.8) is 0 Å². The Labute approximate surface area is 107 Å². The van der Waals surface area contributed by atoms with Gasteiger partial charge in [-0.1, -0.05) is 17.7 Å². The van der Waals surface area contributed by atoms with Gasteiger partial charge in [-0.15, -0.1) is 0 Å². The van der Waals surface area contributed by atoms with E-state index in [1.54, 1.807) is 6.07 Å². The van der Waals surface area contributed by atoms with Crippen LogP contribution in [-0.2, 0) is 0 Å².